The molecule has 5 heteroatoms. The van der Waals surface area contributed by atoms with Crippen LogP contribution in [0.1, 0.15) is 22.7 Å². The topological polar surface area (TPSA) is 21.3 Å². The Hall–Kier alpha value is -0.740. The highest BCUT2D eigenvalue weighted by molar-refractivity contribution is 7.20. The molecule has 0 saturated heterocycles. The van der Waals surface area contributed by atoms with Gasteiger partial charge in [-0.1, -0.05) is 35.3 Å². The number of benzene rings is 1. The van der Waals surface area contributed by atoms with Crippen LogP contribution >= 0.6 is 34.5 Å². The Kier molecular flexibility index (Phi) is 3.72. The number of nitrogens with one attached hydrogen (secondary N) is 1. The summed E-state index contributed by atoms with van der Waals surface area (Å²) in [5.74, 6) is 0.994. The molecular weight excluding hydrogens is 301 g/mol. The Balaban J connectivity index is 2.00. The van der Waals surface area contributed by atoms with Crippen molar-refractivity contribution >= 4 is 34.5 Å². The second-order valence-corrected chi connectivity index (χ2v) is 6.75. The Morgan fingerprint density at radius 2 is 2.16 bits per heavy atom. The van der Waals surface area contributed by atoms with Crippen molar-refractivity contribution in [3.63, 3.8) is 0 Å². The summed E-state index contributed by atoms with van der Waals surface area (Å²) in [7, 11) is 1.93. The molecule has 1 aromatic carbocycles. The van der Waals surface area contributed by atoms with Crippen LogP contribution < -0.4 is 10.1 Å². The van der Waals surface area contributed by atoms with Crippen LogP contribution in [-0.2, 0) is 6.42 Å². The third-order valence-electron chi connectivity index (χ3n) is 3.33. The summed E-state index contributed by atoms with van der Waals surface area (Å²) in [6.07, 6.45) is 0.970. The van der Waals surface area contributed by atoms with Crippen molar-refractivity contribution < 1.29 is 4.74 Å². The summed E-state index contributed by atoms with van der Waals surface area (Å²) in [5.41, 5.74) is 3.47. The largest absolute Gasteiger partial charge is 0.493 e. The molecule has 1 N–H and O–H groups in total. The number of hydrogen-bond donors (Lipinski definition) is 1. The smallest absolute Gasteiger partial charge is 0.122 e. The number of halogens is 2. The van der Waals surface area contributed by atoms with Gasteiger partial charge >= 0.3 is 0 Å². The van der Waals surface area contributed by atoms with Crippen LogP contribution in [0, 0.1) is 0 Å². The maximum Gasteiger partial charge on any atom is 0.122 e. The van der Waals surface area contributed by atoms with Gasteiger partial charge in [0.25, 0.3) is 0 Å². The first-order chi connectivity index (χ1) is 9.19. The second kappa shape index (κ2) is 5.33. The molecule has 3 rings (SSSR count). The quantitative estimate of drug-likeness (QED) is 0.912. The number of hydrogen-bond acceptors (Lipinski definition) is 3. The van der Waals surface area contributed by atoms with Gasteiger partial charge in [-0.25, -0.2) is 0 Å². The van der Waals surface area contributed by atoms with Crippen molar-refractivity contribution in [1.29, 1.82) is 0 Å². The summed E-state index contributed by atoms with van der Waals surface area (Å²) < 4.78 is 6.98. The minimum Gasteiger partial charge on any atom is -0.493 e. The minimum absolute atomic E-state index is 0.0575. The molecule has 0 amide bonds. The molecule has 0 bridgehead atoms. The highest BCUT2D eigenvalue weighted by atomic mass is 35.5. The van der Waals surface area contributed by atoms with E-state index < -0.39 is 0 Å². The molecule has 1 aromatic heterocycles. The SMILES string of the molecule is CNC(c1ccc2c(c1)CCO2)c1cc(Cl)sc1Cl. The second-order valence-electron chi connectivity index (χ2n) is 4.47. The average molecular weight is 314 g/mol. The lowest BCUT2D eigenvalue weighted by atomic mass is 9.98. The number of fused-ring (bicyclic) bond motifs is 1. The molecule has 1 aliphatic heterocycles. The van der Waals surface area contributed by atoms with Crippen molar-refractivity contribution in [2.75, 3.05) is 13.7 Å². The third-order valence-corrected chi connectivity index (χ3v) is 4.85. The van der Waals surface area contributed by atoms with Crippen molar-refractivity contribution in [2.24, 2.45) is 0 Å². The van der Waals surface area contributed by atoms with Crippen LogP contribution in [0.25, 0.3) is 0 Å². The molecular formula is C14H13Cl2NOS. The highest BCUT2D eigenvalue weighted by Gasteiger charge is 2.20. The van der Waals surface area contributed by atoms with Crippen molar-refractivity contribution in [2.45, 2.75) is 12.5 Å². The first kappa shape index (κ1) is 13.3. The van der Waals surface area contributed by atoms with E-state index in [1.54, 1.807) is 0 Å². The normalized spacial score (nSPS) is 15.1. The van der Waals surface area contributed by atoms with Crippen molar-refractivity contribution in [1.82, 2.24) is 5.32 Å². The Morgan fingerprint density at radius 1 is 1.32 bits per heavy atom. The molecule has 0 aliphatic carbocycles. The maximum atomic E-state index is 6.26. The van der Waals surface area contributed by atoms with Gasteiger partial charge in [-0.05, 0) is 30.3 Å². The molecule has 0 fully saturated rings. The molecule has 1 unspecified atom stereocenters. The van der Waals surface area contributed by atoms with Gasteiger partial charge in [-0.3, -0.25) is 0 Å². The predicted molar refractivity (Wildman–Crippen MR) is 80.9 cm³/mol. The van der Waals surface area contributed by atoms with E-state index in [4.69, 9.17) is 27.9 Å². The lowest BCUT2D eigenvalue weighted by Crippen LogP contribution is -2.17. The van der Waals surface area contributed by atoms with Crippen molar-refractivity contribution in [3.05, 3.63) is 49.6 Å². The van der Waals surface area contributed by atoms with Crippen LogP contribution in [0.2, 0.25) is 8.67 Å². The zero-order valence-corrected chi connectivity index (χ0v) is 12.7. The Morgan fingerprint density at radius 3 is 2.84 bits per heavy atom. The Bertz CT molecular complexity index is 611. The monoisotopic (exact) mass is 313 g/mol. The van der Waals surface area contributed by atoms with E-state index in [9.17, 15) is 0 Å². The molecule has 0 radical (unpaired) electrons. The molecule has 1 aliphatic rings. The molecule has 1 atom stereocenters. The third kappa shape index (κ3) is 2.48. The molecule has 0 saturated carbocycles. The van der Waals surface area contributed by atoms with E-state index in [0.717, 1.165) is 28.7 Å². The van der Waals surface area contributed by atoms with E-state index in [1.807, 2.05) is 19.2 Å². The van der Waals surface area contributed by atoms with Gasteiger partial charge in [-0.15, -0.1) is 11.3 Å². The van der Waals surface area contributed by atoms with Crippen molar-refractivity contribution in [3.8, 4) is 5.75 Å². The fourth-order valence-corrected chi connectivity index (χ4v) is 3.97. The van der Waals surface area contributed by atoms with E-state index in [2.05, 4.69) is 17.4 Å². The molecule has 0 spiro atoms. The summed E-state index contributed by atoms with van der Waals surface area (Å²) in [6.45, 7) is 0.772. The molecule has 2 nitrogen and oxygen atoms in total. The maximum absolute atomic E-state index is 6.26. The zero-order valence-electron chi connectivity index (χ0n) is 10.4. The fraction of sp³-hybridized carbons (Fsp3) is 0.286. The van der Waals surface area contributed by atoms with Gasteiger partial charge in [-0.2, -0.15) is 0 Å². The van der Waals surface area contributed by atoms with Crippen LogP contribution in [0.4, 0.5) is 0 Å². The van der Waals surface area contributed by atoms with E-state index in [-0.39, 0.29) is 6.04 Å². The number of rotatable bonds is 3. The van der Waals surface area contributed by atoms with Gasteiger partial charge < -0.3 is 10.1 Å². The van der Waals surface area contributed by atoms with Crippen LogP contribution in [0.3, 0.4) is 0 Å². The standard InChI is InChI=1S/C14H13Cl2NOS/c1-17-13(10-7-12(15)19-14(10)16)9-2-3-11-8(6-9)4-5-18-11/h2-3,6-7,13,17H,4-5H2,1H3. The number of thiophene rings is 1. The van der Waals surface area contributed by atoms with Crippen LogP contribution in [-0.4, -0.2) is 13.7 Å². The number of ether oxygens (including phenoxy) is 1. The fourth-order valence-electron chi connectivity index (χ4n) is 2.44. The van der Waals surface area contributed by atoms with Gasteiger partial charge in [0, 0.05) is 12.0 Å². The lowest BCUT2D eigenvalue weighted by Gasteiger charge is -2.17. The Labute approximate surface area is 126 Å². The van der Waals surface area contributed by atoms with Crippen LogP contribution in [0.15, 0.2) is 24.3 Å². The van der Waals surface area contributed by atoms with Gasteiger partial charge in [0.15, 0.2) is 0 Å². The average Bonchev–Trinajstić information content (AvgIpc) is 2.97. The first-order valence-electron chi connectivity index (χ1n) is 6.06. The molecule has 100 valence electrons. The van der Waals surface area contributed by atoms with Gasteiger partial charge in [0.05, 0.1) is 21.3 Å². The predicted octanol–water partition coefficient (Wildman–Crippen LogP) is 4.30. The zero-order chi connectivity index (χ0) is 13.4. The van der Waals surface area contributed by atoms with Gasteiger partial charge in [0.2, 0.25) is 0 Å². The highest BCUT2D eigenvalue weighted by Crippen LogP contribution is 2.38. The molecule has 19 heavy (non-hydrogen) atoms. The summed E-state index contributed by atoms with van der Waals surface area (Å²) >= 11 is 13.7. The lowest BCUT2D eigenvalue weighted by molar-refractivity contribution is 0.357. The van der Waals surface area contributed by atoms with Gasteiger partial charge in [0.1, 0.15) is 5.75 Å². The molecule has 2 heterocycles. The van der Waals surface area contributed by atoms with Crippen LogP contribution in [0.5, 0.6) is 5.75 Å². The first-order valence-corrected chi connectivity index (χ1v) is 7.64. The van der Waals surface area contributed by atoms with E-state index in [1.165, 1.54) is 22.5 Å². The van der Waals surface area contributed by atoms with E-state index >= 15 is 0 Å². The van der Waals surface area contributed by atoms with E-state index in [0.29, 0.717) is 4.34 Å². The summed E-state index contributed by atoms with van der Waals surface area (Å²) in [5, 5.41) is 3.30. The summed E-state index contributed by atoms with van der Waals surface area (Å²) in [6, 6.07) is 8.28. The summed E-state index contributed by atoms with van der Waals surface area (Å²) in [4.78, 5) is 0. The molecule has 2 aromatic rings. The minimum atomic E-state index is 0.0575.